The lowest BCUT2D eigenvalue weighted by Gasteiger charge is -2.20. The van der Waals surface area contributed by atoms with Gasteiger partial charge in [0.2, 0.25) is 5.91 Å². The van der Waals surface area contributed by atoms with Crippen molar-refractivity contribution in [3.05, 3.63) is 11.8 Å². The lowest BCUT2D eigenvalue weighted by Crippen LogP contribution is -2.27. The van der Waals surface area contributed by atoms with Gasteiger partial charge in [-0.25, -0.2) is 0 Å². The fraction of sp³-hybridized carbons (Fsp3) is 0.706. The number of nitrogens with zero attached hydrogens (tertiary/aromatic N) is 3. The second kappa shape index (κ2) is 8.82. The Morgan fingerprint density at radius 2 is 2.00 bits per heavy atom. The van der Waals surface area contributed by atoms with Crippen LogP contribution >= 0.6 is 0 Å². The molecule has 0 atom stereocenters. The van der Waals surface area contributed by atoms with E-state index in [0.717, 1.165) is 38.6 Å². The molecule has 2 rings (SSSR count). The summed E-state index contributed by atoms with van der Waals surface area (Å²) in [5.74, 6) is 0.485. The van der Waals surface area contributed by atoms with Gasteiger partial charge < -0.3 is 15.5 Å². The van der Waals surface area contributed by atoms with Crippen LogP contribution in [0.15, 0.2) is 6.07 Å². The molecule has 24 heavy (non-hydrogen) atoms. The standard InChI is InChI=1S/C17H29N5O2/c1-21(2)11-7-10-18-17(24)14-12-15(22(3)20-14)19-16(23)13-8-5-4-6-9-13/h12-13H,4-11H2,1-3H3,(H,18,24)(H,19,23). The zero-order valence-electron chi connectivity index (χ0n) is 15.0. The van der Waals surface area contributed by atoms with Gasteiger partial charge in [-0.1, -0.05) is 19.3 Å². The minimum absolute atomic E-state index is 0.0376. The maximum absolute atomic E-state index is 12.3. The van der Waals surface area contributed by atoms with Crippen molar-refractivity contribution in [3.63, 3.8) is 0 Å². The Morgan fingerprint density at radius 1 is 1.29 bits per heavy atom. The van der Waals surface area contributed by atoms with Gasteiger partial charge in [-0.15, -0.1) is 0 Å². The first-order chi connectivity index (χ1) is 11.5. The van der Waals surface area contributed by atoms with E-state index in [2.05, 4.69) is 20.6 Å². The van der Waals surface area contributed by atoms with Crippen LogP contribution in [0.1, 0.15) is 49.0 Å². The molecular formula is C17H29N5O2. The Hall–Kier alpha value is -1.89. The molecule has 0 saturated heterocycles. The van der Waals surface area contributed by atoms with Gasteiger partial charge in [-0.2, -0.15) is 5.10 Å². The van der Waals surface area contributed by atoms with Crippen LogP contribution < -0.4 is 10.6 Å². The number of hydrogen-bond donors (Lipinski definition) is 2. The summed E-state index contributed by atoms with van der Waals surface area (Å²) in [6, 6.07) is 1.64. The fourth-order valence-corrected chi connectivity index (χ4v) is 2.98. The summed E-state index contributed by atoms with van der Waals surface area (Å²) in [5, 5.41) is 9.97. The lowest BCUT2D eigenvalue weighted by molar-refractivity contribution is -0.120. The third-order valence-corrected chi connectivity index (χ3v) is 4.41. The van der Waals surface area contributed by atoms with Crippen LogP contribution in [-0.4, -0.2) is 53.7 Å². The van der Waals surface area contributed by atoms with Crippen molar-refractivity contribution in [2.45, 2.75) is 38.5 Å². The van der Waals surface area contributed by atoms with Crippen molar-refractivity contribution in [2.24, 2.45) is 13.0 Å². The summed E-state index contributed by atoms with van der Waals surface area (Å²) in [4.78, 5) is 26.5. The van der Waals surface area contributed by atoms with Crippen LogP contribution in [0.25, 0.3) is 0 Å². The monoisotopic (exact) mass is 335 g/mol. The minimum Gasteiger partial charge on any atom is -0.351 e. The summed E-state index contributed by atoms with van der Waals surface area (Å²) in [7, 11) is 5.74. The summed E-state index contributed by atoms with van der Waals surface area (Å²) in [5.41, 5.74) is 0.335. The second-order valence-corrected chi connectivity index (χ2v) is 6.78. The molecule has 0 unspecified atom stereocenters. The SMILES string of the molecule is CN(C)CCCNC(=O)c1cc(NC(=O)C2CCCCC2)n(C)n1. The summed E-state index contributed by atoms with van der Waals surface area (Å²) in [6.07, 6.45) is 6.23. The number of nitrogens with one attached hydrogen (secondary N) is 2. The molecule has 0 aromatic carbocycles. The molecule has 7 heteroatoms. The van der Waals surface area contributed by atoms with E-state index in [1.165, 1.54) is 6.42 Å². The van der Waals surface area contributed by atoms with Crippen molar-refractivity contribution in [1.82, 2.24) is 20.0 Å². The molecule has 1 aliphatic rings. The zero-order chi connectivity index (χ0) is 17.5. The Bertz CT molecular complexity index is 561. The van der Waals surface area contributed by atoms with Gasteiger partial charge in [-0.05, 0) is 39.9 Å². The largest absolute Gasteiger partial charge is 0.351 e. The predicted molar refractivity (Wildman–Crippen MR) is 93.9 cm³/mol. The summed E-state index contributed by atoms with van der Waals surface area (Å²) in [6.45, 7) is 1.53. The van der Waals surface area contributed by atoms with Crippen LogP contribution in [0.5, 0.6) is 0 Å². The maximum Gasteiger partial charge on any atom is 0.271 e. The molecule has 1 aromatic heterocycles. The van der Waals surface area contributed by atoms with Crippen molar-refractivity contribution >= 4 is 17.6 Å². The fourth-order valence-electron chi connectivity index (χ4n) is 2.98. The van der Waals surface area contributed by atoms with Crippen LogP contribution in [-0.2, 0) is 11.8 Å². The molecule has 1 aliphatic carbocycles. The van der Waals surface area contributed by atoms with Gasteiger partial charge in [0, 0.05) is 25.6 Å². The smallest absolute Gasteiger partial charge is 0.271 e. The Kier molecular flexibility index (Phi) is 6.78. The molecule has 0 spiro atoms. The van der Waals surface area contributed by atoms with E-state index < -0.39 is 0 Å². The zero-order valence-corrected chi connectivity index (χ0v) is 15.0. The Labute approximate surface area is 143 Å². The normalized spacial score (nSPS) is 15.5. The molecule has 2 N–H and O–H groups in total. The first kappa shape index (κ1) is 18.4. The molecule has 7 nitrogen and oxygen atoms in total. The van der Waals surface area contributed by atoms with E-state index in [1.807, 2.05) is 14.1 Å². The van der Waals surface area contributed by atoms with Crippen LogP contribution in [0.4, 0.5) is 5.82 Å². The van der Waals surface area contributed by atoms with Crippen molar-refractivity contribution in [1.29, 1.82) is 0 Å². The van der Waals surface area contributed by atoms with Gasteiger partial charge in [0.25, 0.3) is 5.91 Å². The maximum atomic E-state index is 12.3. The van der Waals surface area contributed by atoms with Crippen LogP contribution in [0.2, 0.25) is 0 Å². The van der Waals surface area contributed by atoms with Crippen LogP contribution in [0.3, 0.4) is 0 Å². The second-order valence-electron chi connectivity index (χ2n) is 6.78. The van der Waals surface area contributed by atoms with Gasteiger partial charge in [-0.3, -0.25) is 14.3 Å². The first-order valence-electron chi connectivity index (χ1n) is 8.75. The summed E-state index contributed by atoms with van der Waals surface area (Å²) >= 11 is 0. The molecule has 0 bridgehead atoms. The van der Waals surface area contributed by atoms with E-state index in [9.17, 15) is 9.59 Å². The van der Waals surface area contributed by atoms with E-state index >= 15 is 0 Å². The molecule has 1 heterocycles. The van der Waals surface area contributed by atoms with E-state index in [1.54, 1.807) is 17.8 Å². The van der Waals surface area contributed by atoms with E-state index in [4.69, 9.17) is 0 Å². The van der Waals surface area contributed by atoms with E-state index in [0.29, 0.717) is 18.1 Å². The minimum atomic E-state index is -0.206. The third-order valence-electron chi connectivity index (χ3n) is 4.41. The molecule has 134 valence electrons. The first-order valence-corrected chi connectivity index (χ1v) is 8.75. The quantitative estimate of drug-likeness (QED) is 0.742. The Balaban J connectivity index is 1.86. The molecule has 1 aromatic rings. The number of carbonyl (C=O) groups excluding carboxylic acids is 2. The highest BCUT2D eigenvalue weighted by molar-refractivity contribution is 5.96. The lowest BCUT2D eigenvalue weighted by atomic mass is 9.89. The predicted octanol–water partition coefficient (Wildman–Crippen LogP) is 1.62. The number of hydrogen-bond acceptors (Lipinski definition) is 4. The molecule has 2 amide bonds. The van der Waals surface area contributed by atoms with Gasteiger partial charge >= 0.3 is 0 Å². The topological polar surface area (TPSA) is 79.3 Å². The van der Waals surface area contributed by atoms with Crippen molar-refractivity contribution in [2.75, 3.05) is 32.5 Å². The highest BCUT2D eigenvalue weighted by Crippen LogP contribution is 2.25. The molecular weight excluding hydrogens is 306 g/mol. The van der Waals surface area contributed by atoms with E-state index in [-0.39, 0.29) is 17.7 Å². The number of anilines is 1. The molecule has 1 fully saturated rings. The van der Waals surface area contributed by atoms with Gasteiger partial charge in [0.15, 0.2) is 5.69 Å². The Morgan fingerprint density at radius 3 is 2.67 bits per heavy atom. The van der Waals surface area contributed by atoms with Gasteiger partial charge in [0.05, 0.1) is 0 Å². The highest BCUT2D eigenvalue weighted by Gasteiger charge is 2.22. The average Bonchev–Trinajstić information content (AvgIpc) is 2.93. The molecule has 1 saturated carbocycles. The number of rotatable bonds is 7. The van der Waals surface area contributed by atoms with Crippen molar-refractivity contribution < 1.29 is 9.59 Å². The number of carbonyl (C=O) groups is 2. The van der Waals surface area contributed by atoms with Crippen LogP contribution in [0, 0.1) is 5.92 Å². The molecule has 0 aliphatic heterocycles. The number of amides is 2. The number of aromatic nitrogens is 2. The third kappa shape index (κ3) is 5.33. The number of aryl methyl sites for hydroxylation is 1. The van der Waals surface area contributed by atoms with Gasteiger partial charge in [0.1, 0.15) is 5.82 Å². The highest BCUT2D eigenvalue weighted by atomic mass is 16.2. The van der Waals surface area contributed by atoms with Crippen molar-refractivity contribution in [3.8, 4) is 0 Å². The average molecular weight is 335 g/mol. The summed E-state index contributed by atoms with van der Waals surface area (Å²) < 4.78 is 1.55. The molecule has 0 radical (unpaired) electrons.